The summed E-state index contributed by atoms with van der Waals surface area (Å²) >= 11 is 0. The molecule has 0 saturated heterocycles. The lowest BCUT2D eigenvalue weighted by Gasteiger charge is -2.22. The minimum atomic E-state index is -0.536. The average molecular weight is 290 g/mol. The highest BCUT2D eigenvalue weighted by Gasteiger charge is 2.31. The van der Waals surface area contributed by atoms with E-state index in [1.54, 1.807) is 0 Å². The Morgan fingerprint density at radius 1 is 1.24 bits per heavy atom. The Morgan fingerprint density at radius 2 is 1.81 bits per heavy atom. The fraction of sp³-hybridized carbons (Fsp3) is 0.467. The van der Waals surface area contributed by atoms with E-state index in [4.69, 9.17) is 0 Å². The molecular weight excluding hydrogens is 272 g/mol. The molecule has 0 aromatic heterocycles. The Hall–Kier alpha value is -2.24. The summed E-state index contributed by atoms with van der Waals surface area (Å²) < 4.78 is 0. The van der Waals surface area contributed by atoms with Crippen LogP contribution in [-0.2, 0) is 4.79 Å². The first-order chi connectivity index (χ1) is 9.99. The fourth-order valence-electron chi connectivity index (χ4n) is 2.83. The summed E-state index contributed by atoms with van der Waals surface area (Å²) in [5.41, 5.74) is 0.342. The van der Waals surface area contributed by atoms with Crippen molar-refractivity contribution in [2.24, 2.45) is 5.92 Å². The number of rotatable bonds is 5. The first-order valence-electron chi connectivity index (χ1n) is 7.05. The van der Waals surface area contributed by atoms with Crippen LogP contribution in [0, 0.1) is 16.0 Å². The molecule has 0 aliphatic heterocycles. The van der Waals surface area contributed by atoms with Crippen LogP contribution in [0.25, 0.3) is 0 Å². The second kappa shape index (κ2) is 6.47. The van der Waals surface area contributed by atoms with Gasteiger partial charge in [-0.2, -0.15) is 0 Å². The van der Waals surface area contributed by atoms with E-state index in [1.165, 1.54) is 31.2 Å². The first-order valence-corrected chi connectivity index (χ1v) is 7.05. The van der Waals surface area contributed by atoms with Crippen LogP contribution in [0.1, 0.15) is 43.0 Å². The second-order valence-corrected chi connectivity index (χ2v) is 5.39. The Balaban J connectivity index is 2.20. The van der Waals surface area contributed by atoms with Crippen molar-refractivity contribution in [3.05, 3.63) is 39.9 Å². The molecule has 1 atom stereocenters. The molecule has 1 amide bonds. The molecule has 1 aliphatic rings. The van der Waals surface area contributed by atoms with E-state index < -0.39 is 11.0 Å². The van der Waals surface area contributed by atoms with Crippen LogP contribution < -0.4 is 5.32 Å². The molecule has 0 spiro atoms. The quantitative estimate of drug-likeness (QED) is 0.512. The number of carbonyl (C=O) groups excluding carboxylic acids is 2. The van der Waals surface area contributed by atoms with Crippen LogP contribution >= 0.6 is 0 Å². The molecule has 1 N–H and O–H groups in total. The van der Waals surface area contributed by atoms with Gasteiger partial charge in [0.25, 0.3) is 5.69 Å². The summed E-state index contributed by atoms with van der Waals surface area (Å²) in [4.78, 5) is 34.0. The molecule has 1 unspecified atom stereocenters. The van der Waals surface area contributed by atoms with Crippen molar-refractivity contribution in [2.45, 2.75) is 38.6 Å². The van der Waals surface area contributed by atoms with Crippen molar-refractivity contribution < 1.29 is 14.5 Å². The molecule has 1 aromatic carbocycles. The van der Waals surface area contributed by atoms with Crippen molar-refractivity contribution in [3.63, 3.8) is 0 Å². The fourth-order valence-corrected chi connectivity index (χ4v) is 2.83. The minimum absolute atomic E-state index is 0.0523. The van der Waals surface area contributed by atoms with Crippen LogP contribution in [0.5, 0.6) is 0 Å². The maximum Gasteiger partial charge on any atom is 0.269 e. The predicted molar refractivity (Wildman–Crippen MR) is 77.0 cm³/mol. The largest absolute Gasteiger partial charge is 0.346 e. The number of hydrogen-bond donors (Lipinski definition) is 1. The van der Waals surface area contributed by atoms with Crippen molar-refractivity contribution in [2.75, 3.05) is 0 Å². The van der Waals surface area contributed by atoms with Crippen molar-refractivity contribution in [3.8, 4) is 0 Å². The van der Waals surface area contributed by atoms with Gasteiger partial charge in [0.2, 0.25) is 5.91 Å². The predicted octanol–water partition coefficient (Wildman–Crippen LogP) is 2.47. The molecule has 6 nitrogen and oxygen atoms in total. The molecule has 0 heterocycles. The van der Waals surface area contributed by atoms with Crippen LogP contribution in [-0.4, -0.2) is 22.7 Å². The number of nitro groups is 1. The zero-order valence-corrected chi connectivity index (χ0v) is 11.9. The Labute approximate surface area is 122 Å². The van der Waals surface area contributed by atoms with Gasteiger partial charge in [-0.3, -0.25) is 19.7 Å². The lowest BCUT2D eigenvalue weighted by atomic mass is 9.91. The number of carbonyl (C=O) groups is 2. The van der Waals surface area contributed by atoms with E-state index in [1.807, 2.05) is 0 Å². The number of amides is 1. The van der Waals surface area contributed by atoms with Crippen LogP contribution in [0.4, 0.5) is 5.69 Å². The van der Waals surface area contributed by atoms with Crippen molar-refractivity contribution >= 4 is 17.4 Å². The molecule has 21 heavy (non-hydrogen) atoms. The van der Waals surface area contributed by atoms with Crippen LogP contribution in [0.15, 0.2) is 24.3 Å². The highest BCUT2D eigenvalue weighted by molar-refractivity contribution is 6.02. The van der Waals surface area contributed by atoms with Gasteiger partial charge in [-0.1, -0.05) is 12.8 Å². The molecule has 0 radical (unpaired) electrons. The number of nitrogens with zero attached hydrogens (tertiary/aromatic N) is 1. The van der Waals surface area contributed by atoms with Gasteiger partial charge in [0.05, 0.1) is 11.0 Å². The van der Waals surface area contributed by atoms with Gasteiger partial charge < -0.3 is 5.32 Å². The summed E-state index contributed by atoms with van der Waals surface area (Å²) in [6.45, 7) is 1.39. The summed E-state index contributed by atoms with van der Waals surface area (Å²) in [5.74, 6) is -0.259. The standard InChI is InChI=1S/C15H18N2O4/c1-10(18)16-14(11-4-2-3-5-11)15(19)12-6-8-13(9-7-12)17(20)21/h6-9,11,14H,2-5H2,1H3,(H,16,18). The van der Waals surface area contributed by atoms with Gasteiger partial charge in [0, 0.05) is 24.6 Å². The molecule has 2 rings (SSSR count). The normalized spacial score (nSPS) is 16.4. The molecule has 0 bridgehead atoms. The number of benzene rings is 1. The molecule has 112 valence electrons. The van der Waals surface area contributed by atoms with Gasteiger partial charge in [-0.05, 0) is 30.9 Å². The number of nitrogens with one attached hydrogen (secondary N) is 1. The Bertz CT molecular complexity index is 547. The first kappa shape index (κ1) is 15.2. The molecule has 6 heteroatoms. The highest BCUT2D eigenvalue weighted by Crippen LogP contribution is 2.29. The topological polar surface area (TPSA) is 89.3 Å². The summed E-state index contributed by atoms with van der Waals surface area (Å²) in [5, 5.41) is 13.4. The van der Waals surface area contributed by atoms with E-state index in [2.05, 4.69) is 5.32 Å². The third-order valence-corrected chi connectivity index (χ3v) is 3.88. The number of hydrogen-bond acceptors (Lipinski definition) is 4. The van der Waals surface area contributed by atoms with Crippen LogP contribution in [0.2, 0.25) is 0 Å². The zero-order valence-electron chi connectivity index (χ0n) is 11.9. The molecular formula is C15H18N2O4. The van der Waals surface area contributed by atoms with Gasteiger partial charge in [0.1, 0.15) is 0 Å². The lowest BCUT2D eigenvalue weighted by Crippen LogP contribution is -2.44. The molecule has 1 fully saturated rings. The SMILES string of the molecule is CC(=O)NC(C(=O)c1ccc([N+](=O)[O-])cc1)C1CCCC1. The molecule has 1 aliphatic carbocycles. The number of Topliss-reactive ketones (excluding diaryl/α,β-unsaturated/α-hetero) is 1. The Kier molecular flexibility index (Phi) is 4.67. The van der Waals surface area contributed by atoms with Crippen molar-refractivity contribution in [1.82, 2.24) is 5.32 Å². The maximum absolute atomic E-state index is 12.6. The second-order valence-electron chi connectivity index (χ2n) is 5.39. The van der Waals surface area contributed by atoms with Gasteiger partial charge >= 0.3 is 0 Å². The molecule has 1 aromatic rings. The summed E-state index contributed by atoms with van der Waals surface area (Å²) in [6.07, 6.45) is 3.97. The summed E-state index contributed by atoms with van der Waals surface area (Å²) in [6, 6.07) is 4.99. The van der Waals surface area contributed by atoms with E-state index in [9.17, 15) is 19.7 Å². The maximum atomic E-state index is 12.6. The third-order valence-electron chi connectivity index (χ3n) is 3.88. The van der Waals surface area contributed by atoms with E-state index in [0.29, 0.717) is 5.56 Å². The number of nitro benzene ring substituents is 1. The number of ketones is 1. The minimum Gasteiger partial charge on any atom is -0.346 e. The zero-order chi connectivity index (χ0) is 15.4. The van der Waals surface area contributed by atoms with Gasteiger partial charge in [0.15, 0.2) is 5.78 Å². The van der Waals surface area contributed by atoms with E-state index in [0.717, 1.165) is 25.7 Å². The van der Waals surface area contributed by atoms with Crippen molar-refractivity contribution in [1.29, 1.82) is 0 Å². The highest BCUT2D eigenvalue weighted by atomic mass is 16.6. The van der Waals surface area contributed by atoms with E-state index >= 15 is 0 Å². The summed E-state index contributed by atoms with van der Waals surface area (Å²) in [7, 11) is 0. The van der Waals surface area contributed by atoms with E-state index in [-0.39, 0.29) is 23.3 Å². The van der Waals surface area contributed by atoms with Gasteiger partial charge in [-0.15, -0.1) is 0 Å². The Morgan fingerprint density at radius 3 is 2.29 bits per heavy atom. The third kappa shape index (κ3) is 3.65. The van der Waals surface area contributed by atoms with Crippen LogP contribution in [0.3, 0.4) is 0 Å². The smallest absolute Gasteiger partial charge is 0.269 e. The average Bonchev–Trinajstić information content (AvgIpc) is 2.98. The monoisotopic (exact) mass is 290 g/mol. The van der Waals surface area contributed by atoms with Gasteiger partial charge in [-0.25, -0.2) is 0 Å². The number of non-ortho nitro benzene ring substituents is 1. The lowest BCUT2D eigenvalue weighted by molar-refractivity contribution is -0.384. The molecule has 1 saturated carbocycles.